The summed E-state index contributed by atoms with van der Waals surface area (Å²) in [6, 6.07) is 15.3. The van der Waals surface area contributed by atoms with Crippen molar-refractivity contribution in [1.82, 2.24) is 35.1 Å². The van der Waals surface area contributed by atoms with Crippen molar-refractivity contribution in [3.05, 3.63) is 78.9 Å². The van der Waals surface area contributed by atoms with E-state index in [1.807, 2.05) is 32.4 Å². The molecule has 0 radical (unpaired) electrons. The number of aromatic nitrogens is 7. The van der Waals surface area contributed by atoms with E-state index >= 15 is 0 Å². The summed E-state index contributed by atoms with van der Waals surface area (Å²) in [7, 11) is 0. The van der Waals surface area contributed by atoms with Gasteiger partial charge in [-0.1, -0.05) is 24.3 Å². The van der Waals surface area contributed by atoms with Crippen molar-refractivity contribution in [2.45, 2.75) is 13.8 Å². The smallest absolute Gasteiger partial charge is 0.104 e. The molecule has 0 saturated carbocycles. The van der Waals surface area contributed by atoms with Crippen molar-refractivity contribution in [3.63, 3.8) is 0 Å². The summed E-state index contributed by atoms with van der Waals surface area (Å²) in [4.78, 5) is 20.7. The topological polar surface area (TPSA) is 96.0 Å². The van der Waals surface area contributed by atoms with Crippen molar-refractivity contribution < 1.29 is 0 Å². The number of aromatic amines is 2. The zero-order valence-corrected chi connectivity index (χ0v) is 19.6. The van der Waals surface area contributed by atoms with Gasteiger partial charge in [-0.2, -0.15) is 10.2 Å². The van der Waals surface area contributed by atoms with Crippen molar-refractivity contribution in [2.75, 3.05) is 0 Å². The summed E-state index contributed by atoms with van der Waals surface area (Å²) in [5.41, 5.74) is 6.27. The summed E-state index contributed by atoms with van der Waals surface area (Å²) in [6.07, 6.45) is 7.40. The second-order valence-electron chi connectivity index (χ2n) is 9.35. The zero-order valence-electron chi connectivity index (χ0n) is 19.6. The highest BCUT2D eigenvalue weighted by Crippen LogP contribution is 2.38. The predicted molar refractivity (Wildman–Crippen MR) is 144 cm³/mol. The minimum absolute atomic E-state index is 0.885. The Kier molecular flexibility index (Phi) is 3.68. The number of hydrogen-bond donors (Lipinski definition) is 2. The van der Waals surface area contributed by atoms with Crippen LogP contribution in [-0.2, 0) is 0 Å². The molecule has 7 nitrogen and oxygen atoms in total. The van der Waals surface area contributed by atoms with Gasteiger partial charge in [-0.15, -0.1) is 0 Å². The molecule has 170 valence electrons. The van der Waals surface area contributed by atoms with Crippen LogP contribution in [0.1, 0.15) is 11.6 Å². The number of nitrogens with zero attached hydrogens (tertiary/aromatic N) is 5. The van der Waals surface area contributed by atoms with E-state index in [1.165, 1.54) is 5.39 Å². The highest BCUT2D eigenvalue weighted by atomic mass is 15.1. The molecule has 0 spiro atoms. The molecular formula is C29H19N7. The Labute approximate surface area is 204 Å². The highest BCUT2D eigenvalue weighted by molar-refractivity contribution is 6.25. The summed E-state index contributed by atoms with van der Waals surface area (Å²) in [6.45, 7) is 3.97. The monoisotopic (exact) mass is 465 g/mol. The maximum absolute atomic E-state index is 4.75. The van der Waals surface area contributed by atoms with Crippen LogP contribution in [0, 0.1) is 13.8 Å². The number of pyridine rings is 1. The quantitative estimate of drug-likeness (QED) is 0.269. The lowest BCUT2D eigenvalue weighted by Crippen LogP contribution is -1.88. The molecule has 4 heterocycles. The number of H-pyrrole nitrogens is 2. The van der Waals surface area contributed by atoms with Gasteiger partial charge in [0.1, 0.15) is 11.6 Å². The highest BCUT2D eigenvalue weighted by Gasteiger charge is 2.15. The van der Waals surface area contributed by atoms with E-state index in [1.54, 1.807) is 6.20 Å². The third kappa shape index (κ3) is 2.54. The lowest BCUT2D eigenvalue weighted by atomic mass is 9.94. The van der Waals surface area contributed by atoms with Crippen molar-refractivity contribution in [3.8, 4) is 11.1 Å². The van der Waals surface area contributed by atoms with Crippen LogP contribution in [0.15, 0.2) is 67.3 Å². The number of aryl methyl sites for hydroxylation is 2. The van der Waals surface area contributed by atoms with Crippen molar-refractivity contribution >= 4 is 65.2 Å². The van der Waals surface area contributed by atoms with Crippen LogP contribution in [0.4, 0.5) is 0 Å². The van der Waals surface area contributed by atoms with Gasteiger partial charge in [-0.25, -0.2) is 9.97 Å². The molecule has 2 N–H and O–H groups in total. The molecule has 0 fully saturated rings. The number of benzene rings is 4. The molecule has 0 bridgehead atoms. The second-order valence-corrected chi connectivity index (χ2v) is 9.35. The van der Waals surface area contributed by atoms with Crippen LogP contribution >= 0.6 is 0 Å². The summed E-state index contributed by atoms with van der Waals surface area (Å²) in [5.74, 6) is 1.78. The molecule has 7 heteroatoms. The predicted octanol–water partition coefficient (Wildman–Crippen LogP) is 6.52. The van der Waals surface area contributed by atoms with E-state index in [-0.39, 0.29) is 0 Å². The normalized spacial score (nSPS) is 12.2. The number of rotatable bonds is 1. The third-order valence-electron chi connectivity index (χ3n) is 7.20. The Morgan fingerprint density at radius 2 is 1.08 bits per heavy atom. The van der Waals surface area contributed by atoms with Gasteiger partial charge in [0, 0.05) is 39.3 Å². The zero-order chi connectivity index (χ0) is 24.0. The first-order valence-electron chi connectivity index (χ1n) is 11.8. The number of imidazole rings is 2. The molecule has 0 amide bonds. The Bertz CT molecular complexity index is 2030. The Morgan fingerprint density at radius 3 is 1.72 bits per heavy atom. The molecule has 0 aliphatic rings. The van der Waals surface area contributed by atoms with Crippen LogP contribution in [-0.4, -0.2) is 35.1 Å². The van der Waals surface area contributed by atoms with Crippen LogP contribution in [0.5, 0.6) is 0 Å². The molecular weight excluding hydrogens is 446 g/mol. The lowest BCUT2D eigenvalue weighted by Gasteiger charge is -2.11. The minimum Gasteiger partial charge on any atom is -0.342 e. The van der Waals surface area contributed by atoms with Gasteiger partial charge in [-0.3, -0.25) is 4.98 Å². The van der Waals surface area contributed by atoms with Gasteiger partial charge in [0.15, 0.2) is 0 Å². The first kappa shape index (κ1) is 19.4. The first-order chi connectivity index (χ1) is 17.7. The summed E-state index contributed by atoms with van der Waals surface area (Å²) >= 11 is 0. The van der Waals surface area contributed by atoms with Crippen LogP contribution < -0.4 is 0 Å². The number of nitrogens with one attached hydrogen (secondary N) is 2. The van der Waals surface area contributed by atoms with Gasteiger partial charge in [-0.05, 0) is 59.3 Å². The molecule has 0 atom stereocenters. The fourth-order valence-electron chi connectivity index (χ4n) is 5.63. The molecule has 0 saturated heterocycles. The Morgan fingerprint density at radius 1 is 0.528 bits per heavy atom. The average molecular weight is 466 g/mol. The third-order valence-corrected chi connectivity index (χ3v) is 7.20. The van der Waals surface area contributed by atoms with Crippen molar-refractivity contribution in [1.29, 1.82) is 0 Å². The van der Waals surface area contributed by atoms with Gasteiger partial charge < -0.3 is 9.97 Å². The minimum atomic E-state index is 0.885. The van der Waals surface area contributed by atoms with Gasteiger partial charge in [0.05, 0.1) is 34.5 Å². The molecule has 8 rings (SSSR count). The van der Waals surface area contributed by atoms with E-state index < -0.39 is 0 Å². The maximum atomic E-state index is 4.75. The molecule has 0 aliphatic heterocycles. The lowest BCUT2D eigenvalue weighted by molar-refractivity contribution is 1.05. The van der Waals surface area contributed by atoms with Crippen molar-refractivity contribution in [2.24, 2.45) is 0 Å². The standard InChI is InChI=1S/C29H19N7/c1-14-33-26-19-5-3-16(9-21(19)18-7-8-30-11-24(18)28(26)35-14)17-4-6-20-22(10-17)23-12-31-32-13-25(23)29-27(20)34-15(2)36-29/h3-13H,1-2H3,(H,33,35)(H,34,36). The number of hydrogen-bond acceptors (Lipinski definition) is 5. The fourth-order valence-corrected chi connectivity index (χ4v) is 5.63. The maximum Gasteiger partial charge on any atom is 0.104 e. The van der Waals surface area contributed by atoms with E-state index in [4.69, 9.17) is 9.97 Å². The first-order valence-corrected chi connectivity index (χ1v) is 11.8. The number of fused-ring (bicyclic) bond motifs is 12. The van der Waals surface area contributed by atoms with E-state index in [2.05, 4.69) is 67.6 Å². The second kappa shape index (κ2) is 6.82. The van der Waals surface area contributed by atoms with Gasteiger partial charge in [0.25, 0.3) is 0 Å². The average Bonchev–Trinajstić information content (AvgIpc) is 3.51. The molecule has 36 heavy (non-hydrogen) atoms. The van der Waals surface area contributed by atoms with E-state index in [9.17, 15) is 0 Å². The van der Waals surface area contributed by atoms with Crippen LogP contribution in [0.3, 0.4) is 0 Å². The molecule has 8 aromatic rings. The van der Waals surface area contributed by atoms with Crippen LogP contribution in [0.25, 0.3) is 76.3 Å². The molecule has 4 aromatic carbocycles. The summed E-state index contributed by atoms with van der Waals surface area (Å²) < 4.78 is 0. The van der Waals surface area contributed by atoms with Gasteiger partial charge in [0.2, 0.25) is 0 Å². The fraction of sp³-hybridized carbons (Fsp3) is 0.0690. The Hall–Kier alpha value is -4.91. The molecule has 0 aliphatic carbocycles. The Balaban J connectivity index is 1.45. The largest absolute Gasteiger partial charge is 0.342 e. The molecule has 4 aromatic heterocycles. The molecule has 0 unspecified atom stereocenters. The van der Waals surface area contributed by atoms with E-state index in [0.29, 0.717) is 0 Å². The van der Waals surface area contributed by atoms with Gasteiger partial charge >= 0.3 is 0 Å². The van der Waals surface area contributed by atoms with E-state index in [0.717, 1.165) is 82.5 Å². The SMILES string of the molecule is Cc1nc2c3cnccc3c3cc(-c4ccc5c(c4)c4cnncc4c4nc(C)[nH]c54)ccc3c2[nH]1. The summed E-state index contributed by atoms with van der Waals surface area (Å²) in [5, 5.41) is 17.2. The van der Waals surface area contributed by atoms with Crippen LogP contribution in [0.2, 0.25) is 0 Å².